The molecule has 4 heteroatoms. The molecule has 1 N–H and O–H groups in total. The molecule has 19 heavy (non-hydrogen) atoms. The van der Waals surface area contributed by atoms with Crippen molar-refractivity contribution in [1.29, 1.82) is 0 Å². The van der Waals surface area contributed by atoms with E-state index in [0.717, 1.165) is 31.7 Å². The second kappa shape index (κ2) is 4.62. The highest BCUT2D eigenvalue weighted by atomic mass is 16.5. The summed E-state index contributed by atoms with van der Waals surface area (Å²) in [5.74, 6) is 1.21. The minimum absolute atomic E-state index is 0.406. The molecule has 100 valence electrons. The van der Waals surface area contributed by atoms with Crippen LogP contribution in [-0.2, 0) is 11.2 Å². The monoisotopic (exact) mass is 257 g/mol. The van der Waals surface area contributed by atoms with E-state index in [-0.39, 0.29) is 0 Å². The lowest BCUT2D eigenvalue weighted by Crippen LogP contribution is -2.43. The SMILES string of the molecule is c1ccc2c(c1)nc(CC1COCCN1)n2C1CC1. The van der Waals surface area contributed by atoms with E-state index in [4.69, 9.17) is 9.72 Å². The molecule has 1 aromatic heterocycles. The topological polar surface area (TPSA) is 39.1 Å². The van der Waals surface area contributed by atoms with Gasteiger partial charge in [0.15, 0.2) is 0 Å². The normalized spacial score (nSPS) is 23.9. The lowest BCUT2D eigenvalue weighted by atomic mass is 10.2. The molecule has 1 saturated heterocycles. The number of morpholine rings is 1. The Labute approximate surface area is 112 Å². The van der Waals surface area contributed by atoms with Gasteiger partial charge in [0.05, 0.1) is 24.2 Å². The molecule has 0 amide bonds. The van der Waals surface area contributed by atoms with E-state index in [1.807, 2.05) is 0 Å². The molecule has 2 fully saturated rings. The van der Waals surface area contributed by atoms with Crippen LogP contribution in [0.15, 0.2) is 24.3 Å². The molecule has 1 aliphatic carbocycles. The lowest BCUT2D eigenvalue weighted by molar-refractivity contribution is 0.0761. The van der Waals surface area contributed by atoms with Gasteiger partial charge in [0.2, 0.25) is 0 Å². The van der Waals surface area contributed by atoms with Gasteiger partial charge in [-0.05, 0) is 25.0 Å². The summed E-state index contributed by atoms with van der Waals surface area (Å²) in [6.45, 7) is 2.58. The number of nitrogens with zero attached hydrogens (tertiary/aromatic N) is 2. The van der Waals surface area contributed by atoms with Gasteiger partial charge >= 0.3 is 0 Å². The van der Waals surface area contributed by atoms with Crippen LogP contribution in [0.1, 0.15) is 24.7 Å². The van der Waals surface area contributed by atoms with Crippen LogP contribution < -0.4 is 5.32 Å². The summed E-state index contributed by atoms with van der Waals surface area (Å²) in [6, 6.07) is 9.56. The minimum atomic E-state index is 0.406. The van der Waals surface area contributed by atoms with Crippen LogP contribution in [-0.4, -0.2) is 35.4 Å². The molecule has 0 radical (unpaired) electrons. The summed E-state index contributed by atoms with van der Waals surface area (Å²) in [5.41, 5.74) is 2.41. The van der Waals surface area contributed by atoms with Crippen LogP contribution in [0.4, 0.5) is 0 Å². The Morgan fingerprint density at radius 1 is 1.32 bits per heavy atom. The van der Waals surface area contributed by atoms with E-state index >= 15 is 0 Å². The van der Waals surface area contributed by atoms with Crippen molar-refractivity contribution in [2.75, 3.05) is 19.8 Å². The maximum absolute atomic E-state index is 5.54. The van der Waals surface area contributed by atoms with Gasteiger partial charge in [-0.25, -0.2) is 4.98 Å². The Bertz CT molecular complexity index is 582. The van der Waals surface area contributed by atoms with E-state index in [1.165, 1.54) is 24.2 Å². The smallest absolute Gasteiger partial charge is 0.111 e. The van der Waals surface area contributed by atoms with E-state index in [0.29, 0.717) is 12.1 Å². The van der Waals surface area contributed by atoms with Crippen LogP contribution in [0.3, 0.4) is 0 Å². The van der Waals surface area contributed by atoms with Gasteiger partial charge in [-0.2, -0.15) is 0 Å². The first-order valence-electron chi connectivity index (χ1n) is 7.19. The Balaban J connectivity index is 1.69. The first-order valence-corrected chi connectivity index (χ1v) is 7.19. The molecule has 0 spiro atoms. The zero-order valence-electron chi connectivity index (χ0n) is 11.0. The number of aromatic nitrogens is 2. The fourth-order valence-electron chi connectivity index (χ4n) is 2.95. The predicted molar refractivity (Wildman–Crippen MR) is 74.3 cm³/mol. The van der Waals surface area contributed by atoms with Crippen molar-refractivity contribution in [3.63, 3.8) is 0 Å². The molecule has 2 aromatic rings. The highest BCUT2D eigenvalue weighted by molar-refractivity contribution is 5.76. The number of fused-ring (bicyclic) bond motifs is 1. The fraction of sp³-hybridized carbons (Fsp3) is 0.533. The van der Waals surface area contributed by atoms with Gasteiger partial charge in [0, 0.05) is 25.0 Å². The highest BCUT2D eigenvalue weighted by Crippen LogP contribution is 2.38. The summed E-state index contributed by atoms with van der Waals surface area (Å²) >= 11 is 0. The lowest BCUT2D eigenvalue weighted by Gasteiger charge is -2.23. The molecule has 0 bridgehead atoms. The first-order chi connectivity index (χ1) is 9.42. The molecule has 2 heterocycles. The van der Waals surface area contributed by atoms with Crippen molar-refractivity contribution in [3.05, 3.63) is 30.1 Å². The van der Waals surface area contributed by atoms with Crippen molar-refractivity contribution in [2.45, 2.75) is 31.3 Å². The largest absolute Gasteiger partial charge is 0.379 e. The molecule has 1 saturated carbocycles. The minimum Gasteiger partial charge on any atom is -0.379 e. The van der Waals surface area contributed by atoms with Crippen LogP contribution in [0.2, 0.25) is 0 Å². The number of hydrogen-bond acceptors (Lipinski definition) is 3. The van der Waals surface area contributed by atoms with E-state index in [1.54, 1.807) is 0 Å². The van der Waals surface area contributed by atoms with E-state index in [2.05, 4.69) is 34.1 Å². The Morgan fingerprint density at radius 3 is 3.00 bits per heavy atom. The maximum Gasteiger partial charge on any atom is 0.111 e. The quantitative estimate of drug-likeness (QED) is 0.913. The van der Waals surface area contributed by atoms with Gasteiger partial charge in [-0.3, -0.25) is 0 Å². The van der Waals surface area contributed by atoms with E-state index in [9.17, 15) is 0 Å². The van der Waals surface area contributed by atoms with Crippen molar-refractivity contribution < 1.29 is 4.74 Å². The number of ether oxygens (including phenoxy) is 1. The third-order valence-electron chi connectivity index (χ3n) is 4.01. The first kappa shape index (κ1) is 11.4. The molecule has 4 nitrogen and oxygen atoms in total. The van der Waals surface area contributed by atoms with Crippen molar-refractivity contribution >= 4 is 11.0 Å². The average molecular weight is 257 g/mol. The van der Waals surface area contributed by atoms with Crippen LogP contribution in [0.5, 0.6) is 0 Å². The number of rotatable bonds is 3. The Kier molecular flexibility index (Phi) is 2.78. The zero-order chi connectivity index (χ0) is 12.7. The number of benzene rings is 1. The molecule has 1 atom stereocenters. The number of imidazole rings is 1. The third-order valence-corrected chi connectivity index (χ3v) is 4.01. The second-order valence-electron chi connectivity index (χ2n) is 5.55. The number of para-hydroxylation sites is 2. The van der Waals surface area contributed by atoms with Crippen molar-refractivity contribution in [2.24, 2.45) is 0 Å². The van der Waals surface area contributed by atoms with Gasteiger partial charge in [0.1, 0.15) is 5.82 Å². The van der Waals surface area contributed by atoms with Crippen molar-refractivity contribution in [1.82, 2.24) is 14.9 Å². The van der Waals surface area contributed by atoms with Crippen molar-refractivity contribution in [3.8, 4) is 0 Å². The summed E-state index contributed by atoms with van der Waals surface area (Å²) in [4.78, 5) is 4.84. The Morgan fingerprint density at radius 2 is 2.21 bits per heavy atom. The zero-order valence-corrected chi connectivity index (χ0v) is 11.0. The predicted octanol–water partition coefficient (Wildman–Crippen LogP) is 1.90. The fourth-order valence-corrected chi connectivity index (χ4v) is 2.95. The van der Waals surface area contributed by atoms with Gasteiger partial charge in [-0.1, -0.05) is 12.1 Å². The maximum atomic E-state index is 5.54. The molecule has 1 unspecified atom stereocenters. The Hall–Kier alpha value is -1.39. The highest BCUT2D eigenvalue weighted by Gasteiger charge is 2.29. The van der Waals surface area contributed by atoms with Crippen LogP contribution >= 0.6 is 0 Å². The van der Waals surface area contributed by atoms with Gasteiger partial charge in [-0.15, -0.1) is 0 Å². The summed E-state index contributed by atoms with van der Waals surface area (Å²) in [6.07, 6.45) is 3.55. The average Bonchev–Trinajstić information content (AvgIpc) is 3.21. The standard InChI is InChI=1S/C15H19N3O/c1-2-4-14-13(3-1)17-15(18(14)12-5-6-12)9-11-10-19-8-7-16-11/h1-4,11-12,16H,5-10H2. The van der Waals surface area contributed by atoms with Gasteiger partial charge in [0.25, 0.3) is 0 Å². The number of hydrogen-bond donors (Lipinski definition) is 1. The molecular formula is C15H19N3O. The van der Waals surface area contributed by atoms with Crippen LogP contribution in [0.25, 0.3) is 11.0 Å². The summed E-state index contributed by atoms with van der Waals surface area (Å²) in [5, 5.41) is 3.52. The van der Waals surface area contributed by atoms with Gasteiger partial charge < -0.3 is 14.6 Å². The van der Waals surface area contributed by atoms with Crippen LogP contribution in [0, 0.1) is 0 Å². The molecule has 1 aliphatic heterocycles. The summed E-state index contributed by atoms with van der Waals surface area (Å²) < 4.78 is 7.99. The second-order valence-corrected chi connectivity index (χ2v) is 5.55. The third kappa shape index (κ3) is 2.15. The molecule has 4 rings (SSSR count). The number of nitrogens with one attached hydrogen (secondary N) is 1. The van der Waals surface area contributed by atoms with E-state index < -0.39 is 0 Å². The molecule has 1 aromatic carbocycles. The summed E-state index contributed by atoms with van der Waals surface area (Å²) in [7, 11) is 0. The molecule has 2 aliphatic rings. The molecular weight excluding hydrogens is 238 g/mol.